The average molecular weight is 351 g/mol. The smallest absolute Gasteiger partial charge is 0.292 e. The van der Waals surface area contributed by atoms with Crippen LogP contribution in [0.1, 0.15) is 11.3 Å². The van der Waals surface area contributed by atoms with Crippen LogP contribution in [0.5, 0.6) is 0 Å². The van der Waals surface area contributed by atoms with Gasteiger partial charge in [0.1, 0.15) is 0 Å². The lowest BCUT2D eigenvalue weighted by Gasteiger charge is -2.01. The van der Waals surface area contributed by atoms with Crippen LogP contribution < -0.4 is 0 Å². The minimum Gasteiger partial charge on any atom is -0.292 e. The first-order chi connectivity index (χ1) is 9.00. The van der Waals surface area contributed by atoms with Crippen LogP contribution in [0.3, 0.4) is 0 Å². The molecule has 100 valence electrons. The number of aromatic nitrogens is 4. The Balaban J connectivity index is 2.13. The van der Waals surface area contributed by atoms with Gasteiger partial charge in [0.25, 0.3) is 0 Å². The lowest BCUT2D eigenvalue weighted by molar-refractivity contribution is -0.137. The van der Waals surface area contributed by atoms with Gasteiger partial charge in [-0.2, -0.15) is 23.3 Å². The van der Waals surface area contributed by atoms with Gasteiger partial charge in [0.05, 0.1) is 17.5 Å². The fraction of sp³-hybridized carbons (Fsp3) is 0.200. The Labute approximate surface area is 117 Å². The topological polar surface area (TPSA) is 35.1 Å². The second kappa shape index (κ2) is 4.34. The van der Waals surface area contributed by atoms with Crippen LogP contribution in [0.4, 0.5) is 13.2 Å². The molecule has 0 saturated heterocycles. The standard InChI is InChI=1S/C10H6BrF3N4S/c11-3-7-8(16-9-17(7)1-2-19-9)18-5-6(4-15-18)10(12,13)14/h1-2,4-5H,3H2. The Hall–Kier alpha value is -1.35. The lowest BCUT2D eigenvalue weighted by Crippen LogP contribution is -2.03. The van der Waals surface area contributed by atoms with Crippen molar-refractivity contribution in [3.63, 3.8) is 0 Å². The number of fused-ring (bicyclic) bond motifs is 1. The molecule has 0 radical (unpaired) electrons. The molecule has 0 fully saturated rings. The van der Waals surface area contributed by atoms with Gasteiger partial charge in [-0.1, -0.05) is 15.9 Å². The van der Waals surface area contributed by atoms with Gasteiger partial charge in [0.2, 0.25) is 0 Å². The third kappa shape index (κ3) is 2.06. The zero-order valence-corrected chi connectivity index (χ0v) is 11.6. The van der Waals surface area contributed by atoms with Crippen LogP contribution in [0.2, 0.25) is 0 Å². The number of imidazole rings is 1. The number of halogens is 4. The monoisotopic (exact) mass is 350 g/mol. The van der Waals surface area contributed by atoms with E-state index in [9.17, 15) is 13.2 Å². The van der Waals surface area contributed by atoms with Crippen molar-refractivity contribution in [3.8, 4) is 5.82 Å². The molecule has 3 heterocycles. The highest BCUT2D eigenvalue weighted by molar-refractivity contribution is 9.08. The summed E-state index contributed by atoms with van der Waals surface area (Å²) in [4.78, 5) is 5.01. The van der Waals surface area contributed by atoms with Crippen LogP contribution in [0.15, 0.2) is 24.0 Å². The summed E-state index contributed by atoms with van der Waals surface area (Å²) < 4.78 is 40.6. The third-order valence-corrected chi connectivity index (χ3v) is 3.88. The van der Waals surface area contributed by atoms with E-state index in [4.69, 9.17) is 0 Å². The van der Waals surface area contributed by atoms with Crippen LogP contribution >= 0.6 is 27.3 Å². The van der Waals surface area contributed by atoms with Gasteiger partial charge in [-0.05, 0) is 0 Å². The Bertz CT molecular complexity index is 727. The normalized spacial score (nSPS) is 12.4. The molecule has 0 atom stereocenters. The third-order valence-electron chi connectivity index (χ3n) is 2.59. The van der Waals surface area contributed by atoms with E-state index in [1.165, 1.54) is 11.3 Å². The van der Waals surface area contributed by atoms with Crippen molar-refractivity contribution in [2.75, 3.05) is 0 Å². The molecule has 0 unspecified atom stereocenters. The van der Waals surface area contributed by atoms with E-state index in [0.717, 1.165) is 22.8 Å². The molecule has 0 aliphatic heterocycles. The van der Waals surface area contributed by atoms with Gasteiger partial charge < -0.3 is 0 Å². The first kappa shape index (κ1) is 12.7. The molecule has 9 heteroatoms. The summed E-state index contributed by atoms with van der Waals surface area (Å²) in [6.45, 7) is 0. The van der Waals surface area contributed by atoms with Crippen LogP contribution in [0.25, 0.3) is 10.8 Å². The number of hydrogen-bond donors (Lipinski definition) is 0. The Morgan fingerprint density at radius 3 is 2.79 bits per heavy atom. The van der Waals surface area contributed by atoms with Crippen molar-refractivity contribution in [2.24, 2.45) is 0 Å². The summed E-state index contributed by atoms with van der Waals surface area (Å²) in [7, 11) is 0. The number of thiazole rings is 1. The zero-order chi connectivity index (χ0) is 13.6. The fourth-order valence-corrected chi connectivity index (χ4v) is 2.96. The SMILES string of the molecule is FC(F)(F)c1cnn(-c2nc3sccn3c2CBr)c1. The summed E-state index contributed by atoms with van der Waals surface area (Å²) in [6.07, 6.45) is -0.838. The molecular weight excluding hydrogens is 345 g/mol. The summed E-state index contributed by atoms with van der Waals surface area (Å²) >= 11 is 4.73. The second-order valence-electron chi connectivity index (χ2n) is 3.74. The van der Waals surface area contributed by atoms with Gasteiger partial charge in [0, 0.05) is 23.1 Å². The molecule has 3 aromatic heterocycles. The quantitative estimate of drug-likeness (QED) is 0.663. The predicted octanol–water partition coefficient (Wildman–Crippen LogP) is 3.50. The Morgan fingerprint density at radius 2 is 2.16 bits per heavy atom. The van der Waals surface area contributed by atoms with Gasteiger partial charge in [-0.15, -0.1) is 11.3 Å². The Morgan fingerprint density at radius 1 is 1.37 bits per heavy atom. The van der Waals surface area contributed by atoms with Gasteiger partial charge in [-0.25, -0.2) is 4.68 Å². The molecular formula is C10H6BrF3N4S. The van der Waals surface area contributed by atoms with Crippen LogP contribution in [-0.4, -0.2) is 19.2 Å². The van der Waals surface area contributed by atoms with E-state index in [1.807, 2.05) is 16.0 Å². The predicted molar refractivity (Wildman–Crippen MR) is 67.8 cm³/mol. The second-order valence-corrected chi connectivity index (χ2v) is 5.18. The van der Waals surface area contributed by atoms with Crippen LogP contribution in [0, 0.1) is 0 Å². The van der Waals surface area contributed by atoms with Crippen molar-refractivity contribution in [2.45, 2.75) is 11.5 Å². The molecule has 3 rings (SSSR count). The summed E-state index contributed by atoms with van der Waals surface area (Å²) in [5.74, 6) is 0.402. The maximum atomic E-state index is 12.6. The van der Waals surface area contributed by atoms with Gasteiger partial charge in [-0.3, -0.25) is 4.40 Å². The zero-order valence-electron chi connectivity index (χ0n) is 9.23. The Kier molecular flexibility index (Phi) is 2.90. The largest absolute Gasteiger partial charge is 0.419 e. The van der Waals surface area contributed by atoms with Gasteiger partial charge in [0.15, 0.2) is 10.8 Å². The minimum atomic E-state index is -4.40. The molecule has 0 N–H and O–H groups in total. The molecule has 0 spiro atoms. The highest BCUT2D eigenvalue weighted by atomic mass is 79.9. The number of nitrogens with zero attached hydrogens (tertiary/aromatic N) is 4. The van der Waals surface area contributed by atoms with Crippen molar-refractivity contribution < 1.29 is 13.2 Å². The molecule has 0 aliphatic rings. The van der Waals surface area contributed by atoms with Gasteiger partial charge >= 0.3 is 6.18 Å². The van der Waals surface area contributed by atoms with Crippen molar-refractivity contribution in [3.05, 3.63) is 35.2 Å². The maximum absolute atomic E-state index is 12.6. The number of hydrogen-bond acceptors (Lipinski definition) is 3. The van der Waals surface area contributed by atoms with E-state index >= 15 is 0 Å². The first-order valence-electron chi connectivity index (χ1n) is 5.13. The summed E-state index contributed by atoms with van der Waals surface area (Å²) in [5.41, 5.74) is -0.0301. The number of rotatable bonds is 2. The number of alkyl halides is 4. The van der Waals surface area contributed by atoms with E-state index < -0.39 is 11.7 Å². The van der Waals surface area contributed by atoms with Crippen molar-refractivity contribution >= 4 is 32.2 Å². The van der Waals surface area contributed by atoms with E-state index in [1.54, 1.807) is 0 Å². The molecule has 4 nitrogen and oxygen atoms in total. The molecule has 3 aromatic rings. The minimum absolute atomic E-state index is 0.402. The van der Waals surface area contributed by atoms with Crippen molar-refractivity contribution in [1.82, 2.24) is 19.2 Å². The van der Waals surface area contributed by atoms with Crippen molar-refractivity contribution in [1.29, 1.82) is 0 Å². The first-order valence-corrected chi connectivity index (χ1v) is 7.13. The van der Waals surface area contributed by atoms with E-state index in [0.29, 0.717) is 16.1 Å². The maximum Gasteiger partial charge on any atom is 0.419 e. The summed E-state index contributed by atoms with van der Waals surface area (Å²) in [6, 6.07) is 0. The highest BCUT2D eigenvalue weighted by Gasteiger charge is 2.32. The highest BCUT2D eigenvalue weighted by Crippen LogP contribution is 2.30. The van der Waals surface area contributed by atoms with E-state index in [2.05, 4.69) is 26.0 Å². The lowest BCUT2D eigenvalue weighted by atomic mass is 10.3. The van der Waals surface area contributed by atoms with Crippen LogP contribution in [-0.2, 0) is 11.5 Å². The molecule has 0 bridgehead atoms. The molecule has 0 aliphatic carbocycles. The summed E-state index contributed by atoms with van der Waals surface area (Å²) in [5, 5.41) is 6.08. The molecule has 19 heavy (non-hydrogen) atoms. The van der Waals surface area contributed by atoms with E-state index in [-0.39, 0.29) is 0 Å². The molecule has 0 saturated carbocycles. The molecule has 0 amide bonds. The average Bonchev–Trinajstić information content (AvgIpc) is 3.01. The molecule has 0 aromatic carbocycles. The fourth-order valence-electron chi connectivity index (χ4n) is 1.71.